The number of aromatic nitrogens is 2. The lowest BCUT2D eigenvalue weighted by Crippen LogP contribution is -2.37. The third kappa shape index (κ3) is 5.00. The number of amides is 1. The Kier molecular flexibility index (Phi) is 7.07. The van der Waals surface area contributed by atoms with Crippen LogP contribution in [0, 0.1) is 0 Å². The minimum atomic E-state index is -0.530. The molecule has 0 spiro atoms. The minimum Gasteiger partial charge on any atom is -0.497 e. The van der Waals surface area contributed by atoms with E-state index in [0.717, 1.165) is 5.56 Å². The van der Waals surface area contributed by atoms with Gasteiger partial charge in [0.1, 0.15) is 17.3 Å². The van der Waals surface area contributed by atoms with Gasteiger partial charge in [-0.3, -0.25) is 14.2 Å². The second-order valence-corrected chi connectivity index (χ2v) is 8.63. The van der Waals surface area contributed by atoms with E-state index < -0.39 is 6.04 Å². The Bertz CT molecular complexity index is 1410. The van der Waals surface area contributed by atoms with Crippen LogP contribution in [0.15, 0.2) is 71.5 Å². The number of methoxy groups -OCH3 is 2. The normalized spacial score (nSPS) is 11.8. The predicted octanol–water partition coefficient (Wildman–Crippen LogP) is 5.01. The summed E-state index contributed by atoms with van der Waals surface area (Å²) in [4.78, 5) is 33.4. The van der Waals surface area contributed by atoms with E-state index in [1.165, 1.54) is 18.8 Å². The van der Waals surface area contributed by atoms with Crippen molar-refractivity contribution in [3.63, 3.8) is 0 Å². The van der Waals surface area contributed by atoms with Gasteiger partial charge in [-0.15, -0.1) is 0 Å². The lowest BCUT2D eigenvalue weighted by molar-refractivity contribution is 0.0662. The fraction of sp³-hybridized carbons (Fsp3) is 0.222. The van der Waals surface area contributed by atoms with Crippen molar-refractivity contribution in [2.24, 2.45) is 7.05 Å². The molecule has 0 saturated carbocycles. The highest BCUT2D eigenvalue weighted by Gasteiger charge is 2.27. The van der Waals surface area contributed by atoms with E-state index in [1.807, 2.05) is 37.3 Å². The van der Waals surface area contributed by atoms with Gasteiger partial charge in [0.15, 0.2) is 0 Å². The lowest BCUT2D eigenvalue weighted by Gasteiger charge is -2.30. The first-order chi connectivity index (χ1) is 16.8. The summed E-state index contributed by atoms with van der Waals surface area (Å²) in [5, 5.41) is 0.888. The van der Waals surface area contributed by atoms with Crippen LogP contribution in [0.2, 0.25) is 5.02 Å². The molecule has 1 heterocycles. The van der Waals surface area contributed by atoms with Gasteiger partial charge in [0.05, 0.1) is 31.2 Å². The maximum atomic E-state index is 13.9. The lowest BCUT2D eigenvalue weighted by atomic mass is 10.1. The molecule has 0 aliphatic rings. The Morgan fingerprint density at radius 2 is 1.69 bits per heavy atom. The Hall–Kier alpha value is -3.84. The van der Waals surface area contributed by atoms with Gasteiger partial charge in [-0.25, -0.2) is 4.98 Å². The molecule has 35 heavy (non-hydrogen) atoms. The summed E-state index contributed by atoms with van der Waals surface area (Å²) < 4.78 is 12.2. The van der Waals surface area contributed by atoms with Crippen LogP contribution in [0.4, 0.5) is 0 Å². The molecule has 0 N–H and O–H groups in total. The Morgan fingerprint density at radius 1 is 1.03 bits per heavy atom. The number of hydrogen-bond donors (Lipinski definition) is 0. The molecule has 3 aromatic carbocycles. The molecule has 1 aromatic heterocycles. The van der Waals surface area contributed by atoms with E-state index in [1.54, 1.807) is 48.3 Å². The average Bonchev–Trinajstić information content (AvgIpc) is 2.89. The van der Waals surface area contributed by atoms with E-state index in [9.17, 15) is 9.59 Å². The van der Waals surface area contributed by atoms with Crippen LogP contribution in [-0.4, -0.2) is 34.6 Å². The largest absolute Gasteiger partial charge is 0.497 e. The summed E-state index contributed by atoms with van der Waals surface area (Å²) in [7, 11) is 4.73. The van der Waals surface area contributed by atoms with Crippen molar-refractivity contribution in [3.8, 4) is 11.5 Å². The topological polar surface area (TPSA) is 73.7 Å². The SMILES string of the molecule is COc1cc(OC)cc(C(=O)N(Cc2ccccc2)C(C)c2nc3ccc(Cl)cc3c(=O)n2C)c1. The second-order valence-electron chi connectivity index (χ2n) is 8.19. The molecule has 0 aliphatic carbocycles. The number of ether oxygens (including phenoxy) is 2. The van der Waals surface area contributed by atoms with Crippen LogP contribution < -0.4 is 15.0 Å². The van der Waals surface area contributed by atoms with E-state index in [4.69, 9.17) is 26.1 Å². The first-order valence-electron chi connectivity index (χ1n) is 11.1. The van der Waals surface area contributed by atoms with Gasteiger partial charge in [-0.1, -0.05) is 41.9 Å². The van der Waals surface area contributed by atoms with Crippen molar-refractivity contribution in [3.05, 3.63) is 99.1 Å². The summed E-state index contributed by atoms with van der Waals surface area (Å²) in [6.45, 7) is 2.18. The molecular weight excluding hydrogens is 466 g/mol. The van der Waals surface area contributed by atoms with Gasteiger partial charge in [0.2, 0.25) is 0 Å². The Labute approximate surface area is 208 Å². The average molecular weight is 492 g/mol. The quantitative estimate of drug-likeness (QED) is 0.363. The highest BCUT2D eigenvalue weighted by atomic mass is 35.5. The smallest absolute Gasteiger partial charge is 0.261 e. The zero-order chi connectivity index (χ0) is 25.1. The van der Waals surface area contributed by atoms with Crippen LogP contribution in [0.1, 0.15) is 34.7 Å². The number of halogens is 1. The van der Waals surface area contributed by atoms with Crippen molar-refractivity contribution in [1.82, 2.24) is 14.5 Å². The van der Waals surface area contributed by atoms with Crippen molar-refractivity contribution in [1.29, 1.82) is 0 Å². The van der Waals surface area contributed by atoms with Gasteiger partial charge >= 0.3 is 0 Å². The number of hydrogen-bond acceptors (Lipinski definition) is 5. The van der Waals surface area contributed by atoms with Gasteiger partial charge < -0.3 is 14.4 Å². The van der Waals surface area contributed by atoms with Crippen LogP contribution in [0.3, 0.4) is 0 Å². The zero-order valence-electron chi connectivity index (χ0n) is 20.0. The van der Waals surface area contributed by atoms with Crippen molar-refractivity contribution in [2.45, 2.75) is 19.5 Å². The molecule has 0 radical (unpaired) electrons. The second kappa shape index (κ2) is 10.2. The summed E-state index contributed by atoms with van der Waals surface area (Å²) in [6, 6.07) is 19.2. The van der Waals surface area contributed by atoms with Crippen LogP contribution in [0.25, 0.3) is 10.9 Å². The van der Waals surface area contributed by atoms with E-state index in [2.05, 4.69) is 0 Å². The highest BCUT2D eigenvalue weighted by Crippen LogP contribution is 2.28. The molecule has 0 bridgehead atoms. The number of carbonyl (C=O) groups is 1. The summed E-state index contributed by atoms with van der Waals surface area (Å²) in [5.41, 5.74) is 1.64. The van der Waals surface area contributed by atoms with E-state index >= 15 is 0 Å². The molecule has 7 nitrogen and oxygen atoms in total. The third-order valence-corrected chi connectivity index (χ3v) is 6.20. The molecular formula is C27H26ClN3O4. The Morgan fingerprint density at radius 3 is 2.31 bits per heavy atom. The monoisotopic (exact) mass is 491 g/mol. The fourth-order valence-electron chi connectivity index (χ4n) is 4.03. The van der Waals surface area contributed by atoms with E-state index in [-0.39, 0.29) is 11.5 Å². The number of nitrogens with zero attached hydrogens (tertiary/aromatic N) is 3. The van der Waals surface area contributed by atoms with Crippen LogP contribution in [-0.2, 0) is 13.6 Å². The first kappa shape index (κ1) is 24.3. The summed E-state index contributed by atoms with van der Waals surface area (Å²) >= 11 is 6.10. The van der Waals surface area contributed by atoms with E-state index in [0.29, 0.717) is 45.4 Å². The number of carbonyl (C=O) groups excluding carboxylic acids is 1. The molecule has 1 unspecified atom stereocenters. The summed E-state index contributed by atoms with van der Waals surface area (Å²) in [6.07, 6.45) is 0. The predicted molar refractivity (Wildman–Crippen MR) is 136 cm³/mol. The van der Waals surface area contributed by atoms with Crippen molar-refractivity contribution >= 4 is 28.4 Å². The molecule has 4 aromatic rings. The van der Waals surface area contributed by atoms with Gasteiger partial charge in [0.25, 0.3) is 11.5 Å². The van der Waals surface area contributed by atoms with Gasteiger partial charge in [0, 0.05) is 30.2 Å². The van der Waals surface area contributed by atoms with Crippen molar-refractivity contribution < 1.29 is 14.3 Å². The third-order valence-electron chi connectivity index (χ3n) is 5.97. The molecule has 180 valence electrons. The highest BCUT2D eigenvalue weighted by molar-refractivity contribution is 6.31. The Balaban J connectivity index is 1.83. The summed E-state index contributed by atoms with van der Waals surface area (Å²) in [5.74, 6) is 1.23. The fourth-order valence-corrected chi connectivity index (χ4v) is 4.21. The minimum absolute atomic E-state index is 0.227. The van der Waals surface area contributed by atoms with Crippen LogP contribution in [0.5, 0.6) is 11.5 Å². The first-order valence-corrected chi connectivity index (χ1v) is 11.4. The molecule has 8 heteroatoms. The number of fused-ring (bicyclic) bond motifs is 1. The molecule has 1 amide bonds. The molecule has 0 aliphatic heterocycles. The molecule has 1 atom stereocenters. The number of rotatable bonds is 7. The zero-order valence-corrected chi connectivity index (χ0v) is 20.7. The van der Waals surface area contributed by atoms with Crippen molar-refractivity contribution in [2.75, 3.05) is 14.2 Å². The molecule has 4 rings (SSSR count). The van der Waals surface area contributed by atoms with Crippen LogP contribution >= 0.6 is 11.6 Å². The van der Waals surface area contributed by atoms with Gasteiger partial charge in [-0.2, -0.15) is 0 Å². The maximum Gasteiger partial charge on any atom is 0.261 e. The number of benzene rings is 3. The van der Waals surface area contributed by atoms with Gasteiger partial charge in [-0.05, 0) is 42.8 Å². The molecule has 0 saturated heterocycles. The molecule has 0 fully saturated rings. The maximum absolute atomic E-state index is 13.9. The standard InChI is InChI=1S/C27H26ClN3O4/c1-17(25-29-24-11-10-20(28)14-23(24)27(33)30(25)2)31(16-18-8-6-5-7-9-18)26(32)19-12-21(34-3)15-22(13-19)35-4/h5-15,17H,16H2,1-4H3.